The van der Waals surface area contributed by atoms with Gasteiger partial charge in [-0.15, -0.1) is 0 Å². The average Bonchev–Trinajstić information content (AvgIpc) is 2.25. The minimum Gasteiger partial charge on any atom is -0.297 e. The van der Waals surface area contributed by atoms with Crippen LogP contribution in [0.5, 0.6) is 0 Å². The van der Waals surface area contributed by atoms with Crippen LogP contribution in [0, 0.1) is 5.92 Å². The molecular weight excluding hydrogens is 160 g/mol. The highest BCUT2D eigenvalue weighted by Gasteiger charge is 2.53. The number of alkyl halides is 2. The second-order valence-electron chi connectivity index (χ2n) is 4.13. The molecule has 1 heterocycles. The van der Waals surface area contributed by atoms with Crippen molar-refractivity contribution in [2.24, 2.45) is 5.92 Å². The number of likely N-dealkylation sites (tertiary alicyclic amines) is 1. The zero-order chi connectivity index (χ0) is 8.77. The smallest absolute Gasteiger partial charge is 0.264 e. The second-order valence-corrected chi connectivity index (χ2v) is 4.13. The number of fused-ring (bicyclic) bond motifs is 1. The Morgan fingerprint density at radius 3 is 2.58 bits per heavy atom. The van der Waals surface area contributed by atoms with Crippen molar-refractivity contribution in [1.29, 1.82) is 0 Å². The van der Waals surface area contributed by atoms with Crippen molar-refractivity contribution in [2.45, 2.75) is 37.6 Å². The van der Waals surface area contributed by atoms with Gasteiger partial charge in [-0.05, 0) is 19.9 Å². The molecule has 2 fully saturated rings. The standard InChI is InChI=1S/C9H15F2N/c1-12-6-9(10,11)7-4-2-3-5-8(7)12/h7-8H,2-6H2,1H3. The Kier molecular flexibility index (Phi) is 1.86. The van der Waals surface area contributed by atoms with E-state index in [9.17, 15) is 8.78 Å². The normalized spacial score (nSPS) is 41.2. The zero-order valence-corrected chi connectivity index (χ0v) is 7.39. The Labute approximate surface area is 71.7 Å². The van der Waals surface area contributed by atoms with Crippen LogP contribution in [-0.4, -0.2) is 30.5 Å². The molecule has 0 amide bonds. The third-order valence-electron chi connectivity index (χ3n) is 3.30. The fraction of sp³-hybridized carbons (Fsp3) is 1.00. The second kappa shape index (κ2) is 2.66. The number of nitrogens with zero attached hydrogens (tertiary/aromatic N) is 1. The molecule has 0 aromatic rings. The van der Waals surface area contributed by atoms with E-state index < -0.39 is 5.92 Å². The summed E-state index contributed by atoms with van der Waals surface area (Å²) in [6.07, 6.45) is 3.81. The van der Waals surface area contributed by atoms with Crippen molar-refractivity contribution < 1.29 is 8.78 Å². The van der Waals surface area contributed by atoms with Crippen LogP contribution in [0.1, 0.15) is 25.7 Å². The predicted octanol–water partition coefficient (Wildman–Crippen LogP) is 2.13. The summed E-state index contributed by atoms with van der Waals surface area (Å²) in [5.74, 6) is -2.77. The van der Waals surface area contributed by atoms with E-state index in [1.807, 2.05) is 11.9 Å². The summed E-state index contributed by atoms with van der Waals surface area (Å²) in [6.45, 7) is -0.0255. The van der Waals surface area contributed by atoms with Crippen molar-refractivity contribution in [2.75, 3.05) is 13.6 Å². The fourth-order valence-electron chi connectivity index (χ4n) is 2.70. The molecule has 0 aromatic heterocycles. The van der Waals surface area contributed by atoms with Gasteiger partial charge in [0.05, 0.1) is 6.54 Å². The van der Waals surface area contributed by atoms with Gasteiger partial charge < -0.3 is 0 Å². The van der Waals surface area contributed by atoms with Gasteiger partial charge in [-0.25, -0.2) is 8.78 Å². The van der Waals surface area contributed by atoms with E-state index in [1.54, 1.807) is 0 Å². The maximum atomic E-state index is 13.3. The fourth-order valence-corrected chi connectivity index (χ4v) is 2.70. The van der Waals surface area contributed by atoms with Gasteiger partial charge in [0.2, 0.25) is 0 Å². The van der Waals surface area contributed by atoms with Crippen LogP contribution in [-0.2, 0) is 0 Å². The quantitative estimate of drug-likeness (QED) is 0.545. The highest BCUT2D eigenvalue weighted by Crippen LogP contribution is 2.44. The van der Waals surface area contributed by atoms with Crippen LogP contribution in [0.2, 0.25) is 0 Å². The summed E-state index contributed by atoms with van der Waals surface area (Å²) in [4.78, 5) is 1.84. The van der Waals surface area contributed by atoms with Crippen LogP contribution in [0.25, 0.3) is 0 Å². The van der Waals surface area contributed by atoms with E-state index in [-0.39, 0.29) is 18.5 Å². The van der Waals surface area contributed by atoms with Gasteiger partial charge in [-0.2, -0.15) is 0 Å². The topological polar surface area (TPSA) is 3.24 Å². The first kappa shape index (κ1) is 8.42. The molecule has 70 valence electrons. The van der Waals surface area contributed by atoms with E-state index in [0.717, 1.165) is 25.7 Å². The third kappa shape index (κ3) is 1.15. The van der Waals surface area contributed by atoms with Gasteiger partial charge in [-0.1, -0.05) is 12.8 Å². The molecule has 12 heavy (non-hydrogen) atoms. The zero-order valence-electron chi connectivity index (χ0n) is 7.39. The van der Waals surface area contributed by atoms with E-state index in [0.29, 0.717) is 0 Å². The maximum Gasteiger partial charge on any atom is 0.264 e. The molecule has 1 saturated heterocycles. The highest BCUT2D eigenvalue weighted by atomic mass is 19.3. The first-order valence-corrected chi connectivity index (χ1v) is 4.69. The van der Waals surface area contributed by atoms with E-state index >= 15 is 0 Å². The molecular formula is C9H15F2N. The van der Waals surface area contributed by atoms with Crippen LogP contribution in [0.4, 0.5) is 8.78 Å². The van der Waals surface area contributed by atoms with Crippen LogP contribution >= 0.6 is 0 Å². The van der Waals surface area contributed by atoms with Crippen molar-refractivity contribution in [3.63, 3.8) is 0 Å². The molecule has 1 aliphatic carbocycles. The Morgan fingerprint density at radius 1 is 1.25 bits per heavy atom. The maximum absolute atomic E-state index is 13.3. The highest BCUT2D eigenvalue weighted by molar-refractivity contribution is 4.98. The summed E-state index contributed by atoms with van der Waals surface area (Å²) in [5.41, 5.74) is 0. The Morgan fingerprint density at radius 2 is 1.92 bits per heavy atom. The van der Waals surface area contributed by atoms with Crippen molar-refractivity contribution in [3.8, 4) is 0 Å². The largest absolute Gasteiger partial charge is 0.297 e. The molecule has 0 aromatic carbocycles. The summed E-state index contributed by atoms with van der Waals surface area (Å²) in [5, 5.41) is 0. The first-order valence-electron chi connectivity index (χ1n) is 4.69. The van der Waals surface area contributed by atoms with Gasteiger partial charge in [0.15, 0.2) is 0 Å². The van der Waals surface area contributed by atoms with E-state index in [2.05, 4.69) is 0 Å². The Bertz CT molecular complexity index is 181. The molecule has 3 heteroatoms. The van der Waals surface area contributed by atoms with Crippen LogP contribution < -0.4 is 0 Å². The van der Waals surface area contributed by atoms with Gasteiger partial charge >= 0.3 is 0 Å². The lowest BCUT2D eigenvalue weighted by molar-refractivity contribution is -0.0372. The average molecular weight is 175 g/mol. The number of halogens is 2. The molecule has 0 radical (unpaired) electrons. The van der Waals surface area contributed by atoms with Crippen LogP contribution in [0.15, 0.2) is 0 Å². The third-order valence-corrected chi connectivity index (χ3v) is 3.30. The number of rotatable bonds is 0. The van der Waals surface area contributed by atoms with Crippen molar-refractivity contribution in [1.82, 2.24) is 4.90 Å². The molecule has 2 atom stereocenters. The van der Waals surface area contributed by atoms with E-state index in [4.69, 9.17) is 0 Å². The van der Waals surface area contributed by atoms with Gasteiger partial charge in [-0.3, -0.25) is 4.90 Å². The monoisotopic (exact) mass is 175 g/mol. The first-order chi connectivity index (χ1) is 5.61. The van der Waals surface area contributed by atoms with Gasteiger partial charge in [0.25, 0.3) is 5.92 Å². The summed E-state index contributed by atoms with van der Waals surface area (Å²) in [6, 6.07) is 0.161. The number of hydrogen-bond acceptors (Lipinski definition) is 1. The van der Waals surface area contributed by atoms with Gasteiger partial charge in [0.1, 0.15) is 0 Å². The van der Waals surface area contributed by atoms with E-state index in [1.165, 1.54) is 0 Å². The Hall–Kier alpha value is -0.180. The minimum absolute atomic E-state index is 0.0255. The molecule has 0 N–H and O–H groups in total. The molecule has 1 aliphatic heterocycles. The molecule has 1 saturated carbocycles. The summed E-state index contributed by atoms with van der Waals surface area (Å²) >= 11 is 0. The lowest BCUT2D eigenvalue weighted by Gasteiger charge is -2.29. The van der Waals surface area contributed by atoms with Gasteiger partial charge in [0, 0.05) is 12.0 Å². The molecule has 2 aliphatic rings. The van der Waals surface area contributed by atoms with Crippen molar-refractivity contribution in [3.05, 3.63) is 0 Å². The number of hydrogen-bond donors (Lipinski definition) is 0. The van der Waals surface area contributed by atoms with Crippen LogP contribution in [0.3, 0.4) is 0 Å². The molecule has 1 nitrogen and oxygen atoms in total. The summed E-state index contributed by atoms with van der Waals surface area (Å²) in [7, 11) is 1.82. The lowest BCUT2D eigenvalue weighted by Crippen LogP contribution is -2.34. The predicted molar refractivity (Wildman–Crippen MR) is 43.3 cm³/mol. The SMILES string of the molecule is CN1CC(F)(F)C2CCCCC21. The van der Waals surface area contributed by atoms with Crippen molar-refractivity contribution >= 4 is 0 Å². The summed E-state index contributed by atoms with van der Waals surface area (Å²) < 4.78 is 26.6. The molecule has 2 unspecified atom stereocenters. The minimum atomic E-state index is -2.42. The molecule has 0 spiro atoms. The molecule has 2 rings (SSSR count). The Balaban J connectivity index is 2.16. The molecule has 0 bridgehead atoms. The lowest BCUT2D eigenvalue weighted by atomic mass is 9.83.